The molecule has 1 aromatic carbocycles. The minimum Gasteiger partial charge on any atom is -0.328 e. The van der Waals surface area contributed by atoms with E-state index in [2.05, 4.69) is 35.6 Å². The summed E-state index contributed by atoms with van der Waals surface area (Å²) >= 11 is 0. The van der Waals surface area contributed by atoms with E-state index in [9.17, 15) is 4.39 Å². The Balaban J connectivity index is 2.37. The first-order valence-corrected chi connectivity index (χ1v) is 6.53. The van der Waals surface area contributed by atoms with Crippen molar-refractivity contribution in [2.45, 2.75) is 39.8 Å². The van der Waals surface area contributed by atoms with Gasteiger partial charge in [0.25, 0.3) is 0 Å². The quantitative estimate of drug-likeness (QED) is 0.883. The number of rotatable bonds is 5. The predicted molar refractivity (Wildman–Crippen MR) is 72.2 cm³/mol. The zero-order valence-electron chi connectivity index (χ0n) is 11.2. The molecule has 0 spiro atoms. The lowest BCUT2D eigenvalue weighted by Crippen LogP contribution is -2.28. The Morgan fingerprint density at radius 3 is 2.83 bits per heavy atom. The van der Waals surface area contributed by atoms with Gasteiger partial charge in [-0.3, -0.25) is 0 Å². The second kappa shape index (κ2) is 5.48. The number of benzene rings is 1. The molecule has 0 amide bonds. The predicted octanol–water partition coefficient (Wildman–Crippen LogP) is 2.74. The van der Waals surface area contributed by atoms with Crippen LogP contribution in [0.4, 0.5) is 4.39 Å². The summed E-state index contributed by atoms with van der Waals surface area (Å²) in [6.07, 6.45) is 0.859. The number of nitrogens with one attached hydrogen (secondary N) is 1. The number of likely N-dealkylation sites (N-methyl/N-ethyl adjacent to an activating group) is 1. The van der Waals surface area contributed by atoms with Gasteiger partial charge in [-0.15, -0.1) is 0 Å². The molecule has 0 bridgehead atoms. The van der Waals surface area contributed by atoms with Gasteiger partial charge in [-0.2, -0.15) is 0 Å². The number of hydrogen-bond donors (Lipinski definition) is 1. The second-order valence-corrected chi connectivity index (χ2v) is 4.57. The molecule has 0 radical (unpaired) electrons. The first-order chi connectivity index (χ1) is 8.65. The van der Waals surface area contributed by atoms with Gasteiger partial charge >= 0.3 is 0 Å². The van der Waals surface area contributed by atoms with Crippen LogP contribution in [0.1, 0.15) is 26.6 Å². The normalized spacial score (nSPS) is 13.1. The molecule has 2 rings (SSSR count). The van der Waals surface area contributed by atoms with Crippen molar-refractivity contribution in [3.05, 3.63) is 29.8 Å². The van der Waals surface area contributed by atoms with Crippen molar-refractivity contribution in [2.75, 3.05) is 6.54 Å². The van der Waals surface area contributed by atoms with Crippen LogP contribution in [-0.4, -0.2) is 22.1 Å². The third-order valence-electron chi connectivity index (χ3n) is 3.15. The fourth-order valence-electron chi connectivity index (χ4n) is 2.36. The maximum atomic E-state index is 13.2. The van der Waals surface area contributed by atoms with E-state index in [0.29, 0.717) is 6.04 Å². The SMILES string of the molecule is CCNC(C)Cc1nc2cc(F)ccc2n1CC. The maximum Gasteiger partial charge on any atom is 0.125 e. The van der Waals surface area contributed by atoms with Gasteiger partial charge in [0.15, 0.2) is 0 Å². The Morgan fingerprint density at radius 2 is 2.17 bits per heavy atom. The maximum absolute atomic E-state index is 13.2. The van der Waals surface area contributed by atoms with Crippen LogP contribution >= 0.6 is 0 Å². The molecule has 0 aliphatic heterocycles. The Hall–Kier alpha value is -1.42. The van der Waals surface area contributed by atoms with Crippen molar-refractivity contribution in [2.24, 2.45) is 0 Å². The highest BCUT2D eigenvalue weighted by Crippen LogP contribution is 2.18. The fourth-order valence-corrected chi connectivity index (χ4v) is 2.36. The largest absolute Gasteiger partial charge is 0.328 e. The molecule has 1 heterocycles. The van der Waals surface area contributed by atoms with Gasteiger partial charge in [-0.25, -0.2) is 9.37 Å². The van der Waals surface area contributed by atoms with Gasteiger partial charge in [0.2, 0.25) is 0 Å². The van der Waals surface area contributed by atoms with Gasteiger partial charge in [-0.1, -0.05) is 6.92 Å². The summed E-state index contributed by atoms with van der Waals surface area (Å²) in [5.41, 5.74) is 1.76. The van der Waals surface area contributed by atoms with Crippen molar-refractivity contribution in [3.8, 4) is 0 Å². The number of aromatic nitrogens is 2. The van der Waals surface area contributed by atoms with Gasteiger partial charge in [0.1, 0.15) is 11.6 Å². The van der Waals surface area contributed by atoms with Crippen LogP contribution in [0.25, 0.3) is 11.0 Å². The van der Waals surface area contributed by atoms with Gasteiger partial charge in [0.05, 0.1) is 11.0 Å². The van der Waals surface area contributed by atoms with E-state index >= 15 is 0 Å². The highest BCUT2D eigenvalue weighted by atomic mass is 19.1. The lowest BCUT2D eigenvalue weighted by atomic mass is 10.2. The molecular formula is C14H20FN3. The molecule has 18 heavy (non-hydrogen) atoms. The Kier molecular flexibility index (Phi) is 3.97. The van der Waals surface area contributed by atoms with Crippen molar-refractivity contribution in [1.29, 1.82) is 0 Å². The average Bonchev–Trinajstić information content (AvgIpc) is 2.65. The summed E-state index contributed by atoms with van der Waals surface area (Å²) in [4.78, 5) is 4.55. The number of aryl methyl sites for hydroxylation is 1. The third kappa shape index (κ3) is 2.53. The number of imidazole rings is 1. The lowest BCUT2D eigenvalue weighted by molar-refractivity contribution is 0.538. The highest BCUT2D eigenvalue weighted by Gasteiger charge is 2.12. The second-order valence-electron chi connectivity index (χ2n) is 4.57. The molecule has 0 saturated heterocycles. The van der Waals surface area contributed by atoms with Crippen molar-refractivity contribution < 1.29 is 4.39 Å². The zero-order chi connectivity index (χ0) is 13.1. The van der Waals surface area contributed by atoms with E-state index in [-0.39, 0.29) is 5.82 Å². The first-order valence-electron chi connectivity index (χ1n) is 6.53. The molecule has 1 unspecified atom stereocenters. The minimum atomic E-state index is -0.227. The molecule has 4 heteroatoms. The molecule has 98 valence electrons. The highest BCUT2D eigenvalue weighted by molar-refractivity contribution is 5.76. The van der Waals surface area contributed by atoms with Crippen molar-refractivity contribution in [1.82, 2.24) is 14.9 Å². The zero-order valence-corrected chi connectivity index (χ0v) is 11.2. The number of halogens is 1. The van der Waals surface area contributed by atoms with Crippen LogP contribution in [0.15, 0.2) is 18.2 Å². The smallest absolute Gasteiger partial charge is 0.125 e. The molecule has 0 aliphatic rings. The molecule has 1 aromatic heterocycles. The van der Waals surface area contributed by atoms with E-state index in [1.165, 1.54) is 12.1 Å². The van der Waals surface area contributed by atoms with Crippen LogP contribution in [0.2, 0.25) is 0 Å². The van der Waals surface area contributed by atoms with Gasteiger partial charge < -0.3 is 9.88 Å². The Bertz CT molecular complexity index is 533. The van der Waals surface area contributed by atoms with Crippen molar-refractivity contribution >= 4 is 11.0 Å². The summed E-state index contributed by atoms with van der Waals surface area (Å²) in [7, 11) is 0. The van der Waals surface area contributed by atoms with Crippen LogP contribution < -0.4 is 5.32 Å². The summed E-state index contributed by atoms with van der Waals surface area (Å²) < 4.78 is 15.4. The topological polar surface area (TPSA) is 29.9 Å². The van der Waals surface area contributed by atoms with Crippen LogP contribution in [0, 0.1) is 5.82 Å². The first kappa shape index (κ1) is 13.0. The molecule has 1 N–H and O–H groups in total. The minimum absolute atomic E-state index is 0.227. The van der Waals surface area contributed by atoms with E-state index in [1.54, 1.807) is 0 Å². The molecule has 0 aliphatic carbocycles. The summed E-state index contributed by atoms with van der Waals surface area (Å²) in [6, 6.07) is 5.18. The molecule has 0 saturated carbocycles. The van der Waals surface area contributed by atoms with Crippen LogP contribution in [0.3, 0.4) is 0 Å². The van der Waals surface area contributed by atoms with Gasteiger partial charge in [0, 0.05) is 25.1 Å². The Morgan fingerprint density at radius 1 is 1.39 bits per heavy atom. The van der Waals surface area contributed by atoms with Crippen LogP contribution in [-0.2, 0) is 13.0 Å². The molecule has 3 nitrogen and oxygen atoms in total. The number of nitrogens with zero attached hydrogens (tertiary/aromatic N) is 2. The van der Waals surface area contributed by atoms with Crippen molar-refractivity contribution in [3.63, 3.8) is 0 Å². The van der Waals surface area contributed by atoms with Crippen LogP contribution in [0.5, 0.6) is 0 Å². The summed E-state index contributed by atoms with van der Waals surface area (Å²) in [5, 5.41) is 3.37. The third-order valence-corrected chi connectivity index (χ3v) is 3.15. The molecule has 2 aromatic rings. The fraction of sp³-hybridized carbons (Fsp3) is 0.500. The van der Waals surface area contributed by atoms with E-state index in [4.69, 9.17) is 0 Å². The van der Waals surface area contributed by atoms with E-state index < -0.39 is 0 Å². The van der Waals surface area contributed by atoms with E-state index in [0.717, 1.165) is 36.4 Å². The monoisotopic (exact) mass is 249 g/mol. The molecule has 1 atom stereocenters. The summed E-state index contributed by atoms with van der Waals surface area (Å²) in [6.45, 7) is 8.13. The lowest BCUT2D eigenvalue weighted by Gasteiger charge is -2.12. The summed E-state index contributed by atoms with van der Waals surface area (Å²) in [5.74, 6) is 0.793. The number of hydrogen-bond acceptors (Lipinski definition) is 2. The van der Waals surface area contributed by atoms with E-state index in [1.807, 2.05) is 6.07 Å². The van der Waals surface area contributed by atoms with Gasteiger partial charge in [-0.05, 0) is 32.5 Å². The average molecular weight is 249 g/mol. The molecular weight excluding hydrogens is 229 g/mol. The number of fused-ring (bicyclic) bond motifs is 1. The molecule has 0 fully saturated rings. The standard InChI is InChI=1S/C14H20FN3/c1-4-16-10(3)8-14-17-12-9-11(15)6-7-13(12)18(14)5-2/h6-7,9-10,16H,4-5,8H2,1-3H3. The Labute approximate surface area is 107 Å².